The van der Waals surface area contributed by atoms with E-state index in [1.807, 2.05) is 6.92 Å². The Bertz CT molecular complexity index is 327. The molecule has 1 aromatic heterocycles. The third-order valence-electron chi connectivity index (χ3n) is 1.65. The second-order valence-corrected chi connectivity index (χ2v) is 2.70. The molecule has 3 heteroatoms. The molecule has 0 aromatic carbocycles. The van der Waals surface area contributed by atoms with E-state index in [2.05, 4.69) is 16.3 Å². The molecular weight excluding hydrogens is 166 g/mol. The third kappa shape index (κ3) is 2.15. The average Bonchev–Trinajstić information content (AvgIpc) is 2.17. The first-order chi connectivity index (χ1) is 6.15. The van der Waals surface area contributed by atoms with E-state index in [-0.39, 0.29) is 0 Å². The van der Waals surface area contributed by atoms with Crippen LogP contribution in [0.4, 0.5) is 0 Å². The second kappa shape index (κ2) is 3.85. The molecule has 0 aliphatic carbocycles. The minimum atomic E-state index is -0.423. The first-order valence-corrected chi connectivity index (χ1v) is 3.85. The Hall–Kier alpha value is -1.64. The minimum Gasteiger partial charge on any atom is -0.464 e. The molecule has 0 saturated carbocycles. The van der Waals surface area contributed by atoms with E-state index in [0.29, 0.717) is 5.69 Å². The van der Waals surface area contributed by atoms with Gasteiger partial charge < -0.3 is 4.74 Å². The SMILES string of the molecule is C=C(C)c1ccc(C(=O)OC)nc1. The molecule has 1 rings (SSSR count). The molecule has 1 aromatic rings. The maximum Gasteiger partial charge on any atom is 0.356 e. The van der Waals surface area contributed by atoms with Crippen molar-refractivity contribution >= 4 is 11.5 Å². The Labute approximate surface area is 77.1 Å². The summed E-state index contributed by atoms with van der Waals surface area (Å²) in [5, 5.41) is 0. The topological polar surface area (TPSA) is 39.2 Å². The number of nitrogens with zero attached hydrogens (tertiary/aromatic N) is 1. The molecule has 0 saturated heterocycles. The van der Waals surface area contributed by atoms with Gasteiger partial charge in [0, 0.05) is 6.20 Å². The van der Waals surface area contributed by atoms with Crippen molar-refractivity contribution in [2.45, 2.75) is 6.92 Å². The molecule has 0 amide bonds. The lowest BCUT2D eigenvalue weighted by atomic mass is 10.1. The highest BCUT2D eigenvalue weighted by molar-refractivity contribution is 5.87. The van der Waals surface area contributed by atoms with Crippen LogP contribution in [0.5, 0.6) is 0 Å². The third-order valence-corrected chi connectivity index (χ3v) is 1.65. The zero-order valence-corrected chi connectivity index (χ0v) is 7.70. The minimum absolute atomic E-state index is 0.313. The normalized spacial score (nSPS) is 9.38. The van der Waals surface area contributed by atoms with Gasteiger partial charge in [0.05, 0.1) is 7.11 Å². The van der Waals surface area contributed by atoms with Crippen LogP contribution < -0.4 is 0 Å². The Balaban J connectivity index is 2.93. The van der Waals surface area contributed by atoms with E-state index in [9.17, 15) is 4.79 Å². The number of methoxy groups -OCH3 is 1. The highest BCUT2D eigenvalue weighted by Crippen LogP contribution is 2.10. The summed E-state index contributed by atoms with van der Waals surface area (Å²) >= 11 is 0. The van der Waals surface area contributed by atoms with Crippen LogP contribution >= 0.6 is 0 Å². The fourth-order valence-electron chi connectivity index (χ4n) is 0.872. The van der Waals surface area contributed by atoms with Crippen LogP contribution in [0.2, 0.25) is 0 Å². The van der Waals surface area contributed by atoms with Gasteiger partial charge in [0.1, 0.15) is 5.69 Å². The van der Waals surface area contributed by atoms with Gasteiger partial charge in [-0.2, -0.15) is 0 Å². The van der Waals surface area contributed by atoms with Crippen LogP contribution in [0.15, 0.2) is 24.9 Å². The van der Waals surface area contributed by atoms with Gasteiger partial charge >= 0.3 is 5.97 Å². The number of hydrogen-bond donors (Lipinski definition) is 0. The average molecular weight is 177 g/mol. The number of carbonyl (C=O) groups excluding carboxylic acids is 1. The predicted molar refractivity (Wildman–Crippen MR) is 50.3 cm³/mol. The number of pyridine rings is 1. The van der Waals surface area contributed by atoms with Gasteiger partial charge in [-0.05, 0) is 24.1 Å². The second-order valence-electron chi connectivity index (χ2n) is 2.70. The van der Waals surface area contributed by atoms with E-state index >= 15 is 0 Å². The lowest BCUT2D eigenvalue weighted by molar-refractivity contribution is 0.0594. The van der Waals surface area contributed by atoms with Crippen LogP contribution in [0.3, 0.4) is 0 Å². The summed E-state index contributed by atoms with van der Waals surface area (Å²) in [6, 6.07) is 3.41. The van der Waals surface area contributed by atoms with Gasteiger partial charge in [-0.3, -0.25) is 0 Å². The summed E-state index contributed by atoms with van der Waals surface area (Å²) in [5.41, 5.74) is 2.16. The monoisotopic (exact) mass is 177 g/mol. The van der Waals surface area contributed by atoms with Gasteiger partial charge in [0.2, 0.25) is 0 Å². The van der Waals surface area contributed by atoms with Gasteiger partial charge in [-0.25, -0.2) is 9.78 Å². The van der Waals surface area contributed by atoms with E-state index in [1.165, 1.54) is 7.11 Å². The van der Waals surface area contributed by atoms with Crippen molar-refractivity contribution in [3.8, 4) is 0 Å². The van der Waals surface area contributed by atoms with Gasteiger partial charge in [0.15, 0.2) is 0 Å². The summed E-state index contributed by atoms with van der Waals surface area (Å²) in [4.78, 5) is 14.9. The van der Waals surface area contributed by atoms with E-state index in [1.54, 1.807) is 18.3 Å². The molecule has 0 N–H and O–H groups in total. The zero-order valence-electron chi connectivity index (χ0n) is 7.70. The van der Waals surface area contributed by atoms with E-state index in [0.717, 1.165) is 11.1 Å². The molecular formula is C10H11NO2. The molecule has 13 heavy (non-hydrogen) atoms. The molecule has 1 heterocycles. The summed E-state index contributed by atoms with van der Waals surface area (Å²) in [5.74, 6) is -0.423. The Morgan fingerprint density at radius 1 is 1.54 bits per heavy atom. The maximum absolute atomic E-state index is 11.0. The first-order valence-electron chi connectivity index (χ1n) is 3.85. The van der Waals surface area contributed by atoms with Crippen molar-refractivity contribution in [1.29, 1.82) is 0 Å². The molecule has 0 bridgehead atoms. The Morgan fingerprint density at radius 2 is 2.23 bits per heavy atom. The van der Waals surface area contributed by atoms with Crippen molar-refractivity contribution in [2.24, 2.45) is 0 Å². The fourth-order valence-corrected chi connectivity index (χ4v) is 0.872. The molecule has 0 atom stereocenters. The molecule has 0 fully saturated rings. The smallest absolute Gasteiger partial charge is 0.356 e. The highest BCUT2D eigenvalue weighted by atomic mass is 16.5. The van der Waals surface area contributed by atoms with Crippen LogP contribution in [-0.4, -0.2) is 18.1 Å². The van der Waals surface area contributed by atoms with Crippen molar-refractivity contribution in [1.82, 2.24) is 4.98 Å². The number of aromatic nitrogens is 1. The van der Waals surface area contributed by atoms with E-state index < -0.39 is 5.97 Å². The van der Waals surface area contributed by atoms with Gasteiger partial charge in [-0.1, -0.05) is 12.6 Å². The predicted octanol–water partition coefficient (Wildman–Crippen LogP) is 1.90. The number of esters is 1. The van der Waals surface area contributed by atoms with E-state index in [4.69, 9.17) is 0 Å². The largest absolute Gasteiger partial charge is 0.464 e. The Morgan fingerprint density at radius 3 is 2.62 bits per heavy atom. The molecule has 68 valence electrons. The highest BCUT2D eigenvalue weighted by Gasteiger charge is 2.05. The van der Waals surface area contributed by atoms with Crippen molar-refractivity contribution in [2.75, 3.05) is 7.11 Å². The Kier molecular flexibility index (Phi) is 2.80. The number of allylic oxidation sites excluding steroid dienone is 1. The first kappa shape index (κ1) is 9.45. The van der Waals surface area contributed by atoms with Crippen molar-refractivity contribution in [3.63, 3.8) is 0 Å². The molecule has 0 unspecified atom stereocenters. The fraction of sp³-hybridized carbons (Fsp3) is 0.200. The standard InChI is InChI=1S/C10H11NO2/c1-7(2)8-4-5-9(11-6-8)10(12)13-3/h4-6H,1H2,2-3H3. The summed E-state index contributed by atoms with van der Waals surface area (Å²) in [6.45, 7) is 5.65. The van der Waals surface area contributed by atoms with Gasteiger partial charge in [-0.15, -0.1) is 0 Å². The lowest BCUT2D eigenvalue weighted by Crippen LogP contribution is -2.03. The molecule has 3 nitrogen and oxygen atoms in total. The molecule has 0 radical (unpaired) electrons. The van der Waals surface area contributed by atoms with Crippen LogP contribution in [0.25, 0.3) is 5.57 Å². The number of carbonyl (C=O) groups is 1. The van der Waals surface area contributed by atoms with Gasteiger partial charge in [0.25, 0.3) is 0 Å². The lowest BCUT2D eigenvalue weighted by Gasteiger charge is -2.00. The number of hydrogen-bond acceptors (Lipinski definition) is 3. The zero-order chi connectivity index (χ0) is 9.84. The summed E-state index contributed by atoms with van der Waals surface area (Å²) in [6.07, 6.45) is 1.61. The molecule has 0 aliphatic rings. The van der Waals surface area contributed by atoms with Crippen molar-refractivity contribution < 1.29 is 9.53 Å². The van der Waals surface area contributed by atoms with Crippen LogP contribution in [0, 0.1) is 0 Å². The van der Waals surface area contributed by atoms with Crippen LogP contribution in [0.1, 0.15) is 23.0 Å². The number of ether oxygens (including phenoxy) is 1. The van der Waals surface area contributed by atoms with Crippen LogP contribution in [-0.2, 0) is 4.74 Å². The summed E-state index contributed by atoms with van der Waals surface area (Å²) in [7, 11) is 1.33. The number of rotatable bonds is 2. The quantitative estimate of drug-likeness (QED) is 0.647. The molecule has 0 aliphatic heterocycles. The summed E-state index contributed by atoms with van der Waals surface area (Å²) < 4.78 is 4.51. The molecule has 0 spiro atoms. The maximum atomic E-state index is 11.0. The van der Waals surface area contributed by atoms with Crippen molar-refractivity contribution in [3.05, 3.63) is 36.2 Å².